The van der Waals surface area contributed by atoms with Crippen molar-refractivity contribution in [3.63, 3.8) is 0 Å². The third-order valence-corrected chi connectivity index (χ3v) is 5.23. The highest BCUT2D eigenvalue weighted by atomic mass is 16.7. The van der Waals surface area contributed by atoms with Crippen LogP contribution < -0.4 is 15.2 Å². The molecule has 0 radical (unpaired) electrons. The van der Waals surface area contributed by atoms with Gasteiger partial charge in [-0.2, -0.15) is 0 Å². The summed E-state index contributed by atoms with van der Waals surface area (Å²) >= 11 is 0. The van der Waals surface area contributed by atoms with Crippen LogP contribution in [0.2, 0.25) is 0 Å². The van der Waals surface area contributed by atoms with Crippen molar-refractivity contribution < 1.29 is 52.7 Å². The van der Waals surface area contributed by atoms with Gasteiger partial charge in [-0.05, 0) is 50.3 Å². The Labute approximate surface area is 209 Å². The third kappa shape index (κ3) is 9.61. The van der Waals surface area contributed by atoms with Crippen LogP contribution in [-0.2, 0) is 23.7 Å². The van der Waals surface area contributed by atoms with E-state index in [0.29, 0.717) is 5.56 Å². The molecule has 0 aliphatic rings. The summed E-state index contributed by atoms with van der Waals surface area (Å²) in [7, 11) is 0. The summed E-state index contributed by atoms with van der Waals surface area (Å²) in [6.07, 6.45) is -3.37. The van der Waals surface area contributed by atoms with Crippen LogP contribution in [0, 0.1) is 11.8 Å². The maximum Gasteiger partial charge on any atom is 0.513 e. The van der Waals surface area contributed by atoms with Crippen LogP contribution in [0.4, 0.5) is 14.4 Å². The summed E-state index contributed by atoms with van der Waals surface area (Å²) in [4.78, 5) is 47.5. The number of carbonyl (C=O) groups is 4. The fraction of sp³-hybridized carbons (Fsp3) is 0.583. The maximum atomic E-state index is 12.0. The Morgan fingerprint density at radius 2 is 1.42 bits per heavy atom. The van der Waals surface area contributed by atoms with Gasteiger partial charge in [-0.1, -0.05) is 26.8 Å². The molecule has 1 aromatic carbocycles. The number of hydrogen-bond acceptors (Lipinski definition) is 11. The van der Waals surface area contributed by atoms with E-state index >= 15 is 0 Å². The van der Waals surface area contributed by atoms with Crippen molar-refractivity contribution in [2.24, 2.45) is 17.6 Å². The molecule has 0 bridgehead atoms. The molecule has 3 unspecified atom stereocenters. The highest BCUT2D eigenvalue weighted by Crippen LogP contribution is 2.36. The van der Waals surface area contributed by atoms with Crippen LogP contribution in [0.25, 0.3) is 0 Å². The highest BCUT2D eigenvalue weighted by Gasteiger charge is 2.33. The van der Waals surface area contributed by atoms with Gasteiger partial charge in [0, 0.05) is 5.92 Å². The molecule has 0 amide bonds. The molecular formula is C24H35NO11. The van der Waals surface area contributed by atoms with Crippen molar-refractivity contribution in [3.05, 3.63) is 23.8 Å². The number of nitrogens with two attached hydrogens (primary N) is 1. The zero-order valence-corrected chi connectivity index (χ0v) is 21.3. The summed E-state index contributed by atoms with van der Waals surface area (Å²) in [5, 5.41) is 9.59. The molecule has 0 aromatic heterocycles. The second-order valence-corrected chi connectivity index (χ2v) is 8.27. The van der Waals surface area contributed by atoms with Gasteiger partial charge < -0.3 is 39.3 Å². The second-order valence-electron chi connectivity index (χ2n) is 8.27. The van der Waals surface area contributed by atoms with Crippen molar-refractivity contribution in [3.8, 4) is 11.5 Å². The Balaban J connectivity index is 3.26. The number of carboxylic acid groups (broad SMARTS) is 1. The van der Waals surface area contributed by atoms with Crippen molar-refractivity contribution in [2.45, 2.75) is 59.6 Å². The average molecular weight is 514 g/mol. The normalized spacial score (nSPS) is 14.1. The summed E-state index contributed by atoms with van der Waals surface area (Å²) < 4.78 is 30.1. The van der Waals surface area contributed by atoms with E-state index < -0.39 is 42.3 Å². The topological polar surface area (TPSA) is 170 Å². The summed E-state index contributed by atoms with van der Waals surface area (Å²) in [6, 6.07) is 2.64. The standard InChI is InChI=1S/C24H35NO11/c1-7-31-22(28)35-17-10-9-16(11-18(17)36-23(29)32-8-2)19(20(25)21(26)27)14(5)12-33-24(30)34-15(6)13(3)4/h9-11,13-15,19-20H,7-8,12,25H2,1-6H3,(H,26,27)/t14?,15?,19?,20-/m0/s1. The van der Waals surface area contributed by atoms with Crippen molar-refractivity contribution in [1.29, 1.82) is 0 Å². The Bertz CT molecular complexity index is 902. The van der Waals surface area contributed by atoms with Gasteiger partial charge in [0.25, 0.3) is 0 Å². The molecule has 36 heavy (non-hydrogen) atoms. The number of ether oxygens (including phenoxy) is 6. The quantitative estimate of drug-likeness (QED) is 0.233. The first-order valence-corrected chi connectivity index (χ1v) is 11.6. The van der Waals surface area contributed by atoms with Crippen LogP contribution in [0.3, 0.4) is 0 Å². The van der Waals surface area contributed by atoms with E-state index in [1.54, 1.807) is 27.7 Å². The minimum absolute atomic E-state index is 0.0268. The molecule has 12 nitrogen and oxygen atoms in total. The molecular weight excluding hydrogens is 478 g/mol. The van der Waals surface area contributed by atoms with E-state index in [4.69, 9.17) is 34.2 Å². The van der Waals surface area contributed by atoms with Gasteiger partial charge in [0.2, 0.25) is 0 Å². The van der Waals surface area contributed by atoms with Crippen molar-refractivity contribution >= 4 is 24.4 Å². The van der Waals surface area contributed by atoms with Crippen LogP contribution in [0.1, 0.15) is 53.0 Å². The molecule has 0 heterocycles. The van der Waals surface area contributed by atoms with Gasteiger partial charge in [-0.3, -0.25) is 4.79 Å². The lowest BCUT2D eigenvalue weighted by atomic mass is 9.82. The van der Waals surface area contributed by atoms with Gasteiger partial charge in [0.1, 0.15) is 12.1 Å². The minimum atomic E-state index is -1.42. The number of rotatable bonds is 12. The third-order valence-electron chi connectivity index (χ3n) is 5.23. The van der Waals surface area contributed by atoms with E-state index in [1.807, 2.05) is 13.8 Å². The minimum Gasteiger partial charge on any atom is -0.480 e. The maximum absolute atomic E-state index is 12.0. The average Bonchev–Trinajstić information content (AvgIpc) is 2.79. The van der Waals surface area contributed by atoms with E-state index in [1.165, 1.54) is 18.2 Å². The van der Waals surface area contributed by atoms with Crippen LogP contribution in [0.5, 0.6) is 11.5 Å². The van der Waals surface area contributed by atoms with Gasteiger partial charge >= 0.3 is 24.4 Å². The lowest BCUT2D eigenvalue weighted by Gasteiger charge is -2.28. The molecule has 0 aliphatic heterocycles. The van der Waals surface area contributed by atoms with E-state index in [2.05, 4.69) is 0 Å². The molecule has 4 atom stereocenters. The molecule has 0 fully saturated rings. The first-order valence-electron chi connectivity index (χ1n) is 11.6. The molecule has 0 aliphatic carbocycles. The van der Waals surface area contributed by atoms with Crippen LogP contribution in [0.15, 0.2) is 18.2 Å². The first kappa shape index (κ1) is 30.5. The number of hydrogen-bond donors (Lipinski definition) is 2. The molecule has 1 rings (SSSR count). The van der Waals surface area contributed by atoms with Crippen molar-refractivity contribution in [2.75, 3.05) is 19.8 Å². The van der Waals surface area contributed by atoms with E-state index in [0.717, 1.165) is 0 Å². The summed E-state index contributed by atoms with van der Waals surface area (Å²) in [5.74, 6) is -3.12. The Hall–Kier alpha value is -3.54. The van der Waals surface area contributed by atoms with Gasteiger partial charge in [0.15, 0.2) is 11.5 Å². The fourth-order valence-electron chi connectivity index (χ4n) is 3.04. The zero-order valence-electron chi connectivity index (χ0n) is 21.3. The van der Waals surface area contributed by atoms with Crippen LogP contribution >= 0.6 is 0 Å². The Morgan fingerprint density at radius 1 is 0.861 bits per heavy atom. The number of aliphatic carboxylic acids is 1. The SMILES string of the molecule is CCOC(=O)Oc1ccc(C(C(C)COC(=O)OC(C)C(C)C)[C@H](N)C(=O)O)cc1OC(=O)OCC. The molecule has 12 heteroatoms. The summed E-state index contributed by atoms with van der Waals surface area (Å²) in [6.45, 7) is 10.2. The predicted octanol–water partition coefficient (Wildman–Crippen LogP) is 4.09. The number of carboxylic acids is 1. The molecule has 0 spiro atoms. The van der Waals surface area contributed by atoms with Crippen LogP contribution in [-0.4, -0.2) is 61.5 Å². The molecule has 0 saturated carbocycles. The Kier molecular flexibility index (Phi) is 12.5. The molecule has 3 N–H and O–H groups in total. The highest BCUT2D eigenvalue weighted by molar-refractivity contribution is 5.75. The number of carbonyl (C=O) groups excluding carboxylic acids is 3. The summed E-state index contributed by atoms with van der Waals surface area (Å²) in [5.41, 5.74) is 6.29. The monoisotopic (exact) mass is 513 g/mol. The largest absolute Gasteiger partial charge is 0.513 e. The van der Waals surface area contributed by atoms with Crippen molar-refractivity contribution in [1.82, 2.24) is 0 Å². The Morgan fingerprint density at radius 3 is 1.92 bits per heavy atom. The van der Waals surface area contributed by atoms with Gasteiger partial charge in [-0.25, -0.2) is 14.4 Å². The molecule has 0 saturated heterocycles. The molecule has 1 aromatic rings. The molecule has 202 valence electrons. The van der Waals surface area contributed by atoms with E-state index in [9.17, 15) is 24.3 Å². The smallest absolute Gasteiger partial charge is 0.480 e. The second kappa shape index (κ2) is 14.8. The fourth-order valence-corrected chi connectivity index (χ4v) is 3.04. The number of benzene rings is 1. The lowest BCUT2D eigenvalue weighted by molar-refractivity contribution is -0.139. The van der Waals surface area contributed by atoms with E-state index in [-0.39, 0.29) is 43.3 Å². The lowest BCUT2D eigenvalue weighted by Crippen LogP contribution is -2.40. The van der Waals surface area contributed by atoms with Gasteiger partial charge in [0.05, 0.1) is 19.8 Å². The first-order chi connectivity index (χ1) is 16.9. The van der Waals surface area contributed by atoms with Gasteiger partial charge in [-0.15, -0.1) is 0 Å². The predicted molar refractivity (Wildman–Crippen MR) is 126 cm³/mol. The zero-order chi connectivity index (χ0) is 27.4.